The van der Waals surface area contributed by atoms with E-state index in [1.54, 1.807) is 47.6 Å². The van der Waals surface area contributed by atoms with E-state index < -0.39 is 0 Å². The molecule has 0 fully saturated rings. The number of carbonyl (C=O) groups excluding carboxylic acids is 2. The highest BCUT2D eigenvalue weighted by molar-refractivity contribution is 7.10. The molecule has 8 heteroatoms. The van der Waals surface area contributed by atoms with Crippen molar-refractivity contribution in [3.05, 3.63) is 80.5 Å². The van der Waals surface area contributed by atoms with Crippen molar-refractivity contribution in [3.8, 4) is 11.5 Å². The van der Waals surface area contributed by atoms with Gasteiger partial charge in [0, 0.05) is 28.6 Å². The van der Waals surface area contributed by atoms with Crippen LogP contribution < -0.4 is 9.47 Å². The average Bonchev–Trinajstić information content (AvgIpc) is 3.37. The molecule has 2 amide bonds. The Bertz CT molecular complexity index is 1240. The minimum Gasteiger partial charge on any atom is -0.497 e. The molecule has 1 aliphatic rings. The summed E-state index contributed by atoms with van der Waals surface area (Å²) in [5, 5.41) is 2.75. The SMILES string of the molecule is COc1ccc(C(=O)N(CC(=O)N2CCc3sccc3C2COc2ccc(Cl)c(C)c2)CC(C)C)cc1. The average molecular weight is 541 g/mol. The Morgan fingerprint density at radius 3 is 2.54 bits per heavy atom. The second-order valence-corrected chi connectivity index (χ2v) is 11.1. The summed E-state index contributed by atoms with van der Waals surface area (Å²) in [6.45, 7) is 7.44. The molecule has 1 aromatic heterocycles. The number of halogens is 1. The summed E-state index contributed by atoms with van der Waals surface area (Å²) in [6.07, 6.45) is 0.798. The standard InChI is InChI=1S/C29H33ClN2O4S/c1-19(2)16-31(29(34)21-5-7-22(35-4)8-6-21)17-28(33)32-13-11-27-24(12-14-37-27)26(32)18-36-23-9-10-25(30)20(3)15-23/h5-10,12,14-15,19,26H,11,13,16-18H2,1-4H3. The molecule has 2 heterocycles. The zero-order valence-corrected chi connectivity index (χ0v) is 23.3. The quantitative estimate of drug-likeness (QED) is 0.333. The molecule has 2 aromatic carbocycles. The Balaban J connectivity index is 1.53. The van der Waals surface area contributed by atoms with Gasteiger partial charge < -0.3 is 19.3 Å². The zero-order chi connectivity index (χ0) is 26.5. The van der Waals surface area contributed by atoms with E-state index >= 15 is 0 Å². The molecular formula is C29H33ClN2O4S. The Labute approximate surface area is 227 Å². The molecule has 4 rings (SSSR count). The van der Waals surface area contributed by atoms with E-state index in [-0.39, 0.29) is 30.3 Å². The van der Waals surface area contributed by atoms with Crippen LogP contribution in [-0.4, -0.2) is 55.0 Å². The van der Waals surface area contributed by atoms with Crippen LogP contribution in [0.2, 0.25) is 5.02 Å². The van der Waals surface area contributed by atoms with Crippen LogP contribution >= 0.6 is 22.9 Å². The molecule has 1 aliphatic heterocycles. The van der Waals surface area contributed by atoms with Crippen molar-refractivity contribution >= 4 is 34.8 Å². The number of thiophene rings is 1. The molecule has 6 nitrogen and oxygen atoms in total. The first-order chi connectivity index (χ1) is 17.8. The number of carbonyl (C=O) groups is 2. The van der Waals surface area contributed by atoms with E-state index in [0.717, 1.165) is 17.5 Å². The van der Waals surface area contributed by atoms with Gasteiger partial charge in [-0.15, -0.1) is 11.3 Å². The number of hydrogen-bond donors (Lipinski definition) is 0. The van der Waals surface area contributed by atoms with Crippen molar-refractivity contribution in [2.75, 3.05) is 33.4 Å². The molecule has 0 radical (unpaired) electrons. The number of aryl methyl sites for hydroxylation is 1. The molecule has 0 saturated carbocycles. The molecule has 0 aliphatic carbocycles. The van der Waals surface area contributed by atoms with Crippen molar-refractivity contribution in [1.82, 2.24) is 9.80 Å². The third-order valence-electron chi connectivity index (χ3n) is 6.49. The second-order valence-electron chi connectivity index (χ2n) is 9.68. The number of ether oxygens (including phenoxy) is 2. The highest BCUT2D eigenvalue weighted by Gasteiger charge is 2.33. The van der Waals surface area contributed by atoms with Gasteiger partial charge in [-0.3, -0.25) is 9.59 Å². The van der Waals surface area contributed by atoms with Crippen LogP contribution in [0.25, 0.3) is 0 Å². The summed E-state index contributed by atoms with van der Waals surface area (Å²) in [5.74, 6) is 1.36. The van der Waals surface area contributed by atoms with Crippen LogP contribution in [0.5, 0.6) is 11.5 Å². The van der Waals surface area contributed by atoms with Crippen molar-refractivity contribution < 1.29 is 19.1 Å². The largest absolute Gasteiger partial charge is 0.497 e. The topological polar surface area (TPSA) is 59.1 Å². The number of nitrogens with zero attached hydrogens (tertiary/aromatic N) is 2. The lowest BCUT2D eigenvalue weighted by molar-refractivity contribution is -0.135. The molecule has 196 valence electrons. The maximum atomic E-state index is 13.7. The van der Waals surface area contributed by atoms with Crippen molar-refractivity contribution in [2.24, 2.45) is 5.92 Å². The van der Waals surface area contributed by atoms with E-state index in [1.165, 1.54) is 4.88 Å². The highest BCUT2D eigenvalue weighted by atomic mass is 35.5. The van der Waals surface area contributed by atoms with E-state index in [1.807, 2.05) is 43.9 Å². The zero-order valence-electron chi connectivity index (χ0n) is 21.7. The lowest BCUT2D eigenvalue weighted by Crippen LogP contribution is -2.48. The Hall–Kier alpha value is -3.03. The molecular weight excluding hydrogens is 508 g/mol. The number of benzene rings is 2. The van der Waals surface area contributed by atoms with Gasteiger partial charge >= 0.3 is 0 Å². The molecule has 0 bridgehead atoms. The van der Waals surface area contributed by atoms with Gasteiger partial charge in [0.05, 0.1) is 13.2 Å². The van der Waals surface area contributed by atoms with Gasteiger partial charge in [0.15, 0.2) is 0 Å². The van der Waals surface area contributed by atoms with Crippen LogP contribution in [0.3, 0.4) is 0 Å². The molecule has 0 spiro atoms. The van der Waals surface area contributed by atoms with Crippen molar-refractivity contribution in [3.63, 3.8) is 0 Å². The van der Waals surface area contributed by atoms with E-state index in [0.29, 0.717) is 41.8 Å². The van der Waals surface area contributed by atoms with Crippen LogP contribution in [-0.2, 0) is 11.2 Å². The minimum absolute atomic E-state index is 0.0130. The number of amides is 2. The molecule has 1 unspecified atom stereocenters. The van der Waals surface area contributed by atoms with Gasteiger partial charge in [-0.25, -0.2) is 0 Å². The third kappa shape index (κ3) is 6.46. The van der Waals surface area contributed by atoms with Gasteiger partial charge in [0.25, 0.3) is 5.91 Å². The van der Waals surface area contributed by atoms with Crippen LogP contribution in [0.4, 0.5) is 0 Å². The molecule has 0 saturated heterocycles. The van der Waals surface area contributed by atoms with Crippen molar-refractivity contribution in [2.45, 2.75) is 33.2 Å². The van der Waals surface area contributed by atoms with Crippen LogP contribution in [0.1, 0.15) is 46.3 Å². The molecule has 3 aromatic rings. The smallest absolute Gasteiger partial charge is 0.254 e. The van der Waals surface area contributed by atoms with Gasteiger partial charge in [0.2, 0.25) is 5.91 Å². The summed E-state index contributed by atoms with van der Waals surface area (Å²) in [6, 6.07) is 14.4. The summed E-state index contributed by atoms with van der Waals surface area (Å²) >= 11 is 7.88. The first kappa shape index (κ1) is 27.0. The summed E-state index contributed by atoms with van der Waals surface area (Å²) < 4.78 is 11.4. The number of methoxy groups -OCH3 is 1. The van der Waals surface area contributed by atoms with E-state index in [4.69, 9.17) is 21.1 Å². The lowest BCUT2D eigenvalue weighted by Gasteiger charge is -2.37. The molecule has 1 atom stereocenters. The Kier molecular flexibility index (Phi) is 8.77. The fraction of sp³-hybridized carbons (Fsp3) is 0.379. The first-order valence-corrected chi connectivity index (χ1v) is 13.7. The second kappa shape index (κ2) is 12.0. The number of hydrogen-bond acceptors (Lipinski definition) is 5. The van der Waals surface area contributed by atoms with Gasteiger partial charge in [0.1, 0.15) is 24.7 Å². The predicted molar refractivity (Wildman–Crippen MR) is 148 cm³/mol. The maximum Gasteiger partial charge on any atom is 0.254 e. The maximum absolute atomic E-state index is 13.7. The lowest BCUT2D eigenvalue weighted by atomic mass is 10.00. The van der Waals surface area contributed by atoms with E-state index in [9.17, 15) is 9.59 Å². The molecule has 37 heavy (non-hydrogen) atoms. The molecule has 0 N–H and O–H groups in total. The first-order valence-electron chi connectivity index (χ1n) is 12.4. The summed E-state index contributed by atoms with van der Waals surface area (Å²) in [7, 11) is 1.59. The minimum atomic E-state index is -0.226. The van der Waals surface area contributed by atoms with E-state index in [2.05, 4.69) is 11.4 Å². The Morgan fingerprint density at radius 2 is 1.86 bits per heavy atom. The fourth-order valence-corrected chi connectivity index (χ4v) is 5.63. The normalized spacial score (nSPS) is 14.9. The van der Waals surface area contributed by atoms with Gasteiger partial charge in [-0.2, -0.15) is 0 Å². The Morgan fingerprint density at radius 1 is 1.14 bits per heavy atom. The third-order valence-corrected chi connectivity index (χ3v) is 7.91. The summed E-state index contributed by atoms with van der Waals surface area (Å²) in [5.41, 5.74) is 2.59. The number of rotatable bonds is 9. The van der Waals surface area contributed by atoms with Gasteiger partial charge in [-0.1, -0.05) is 25.4 Å². The highest BCUT2D eigenvalue weighted by Crippen LogP contribution is 2.34. The summed E-state index contributed by atoms with van der Waals surface area (Å²) in [4.78, 5) is 31.9. The van der Waals surface area contributed by atoms with Crippen LogP contribution in [0.15, 0.2) is 53.9 Å². The van der Waals surface area contributed by atoms with Crippen molar-refractivity contribution in [1.29, 1.82) is 0 Å². The van der Waals surface area contributed by atoms with Gasteiger partial charge in [-0.05, 0) is 84.3 Å². The monoisotopic (exact) mass is 540 g/mol. The fourth-order valence-electron chi connectivity index (χ4n) is 4.59. The predicted octanol–water partition coefficient (Wildman–Crippen LogP) is 6.02. The number of fused-ring (bicyclic) bond motifs is 1. The van der Waals surface area contributed by atoms with Crippen LogP contribution in [0, 0.1) is 12.8 Å².